The first-order valence-corrected chi connectivity index (χ1v) is 17.3. The molecule has 10 nitrogen and oxygen atoms in total. The predicted molar refractivity (Wildman–Crippen MR) is 168 cm³/mol. The van der Waals surface area contributed by atoms with Crippen molar-refractivity contribution >= 4 is 5.97 Å². The van der Waals surface area contributed by atoms with Crippen molar-refractivity contribution in [1.82, 2.24) is 0 Å². The smallest absolute Gasteiger partial charge is 0.315 e. The maximum absolute atomic E-state index is 14.4. The fraction of sp³-hybridized carbons (Fsp3) is 0.861. The normalized spacial score (nSPS) is 55.3. The van der Waals surface area contributed by atoms with Gasteiger partial charge >= 0.3 is 5.97 Å². The van der Waals surface area contributed by atoms with Crippen molar-refractivity contribution in [2.45, 2.75) is 129 Å². The predicted octanol–water partition coefficient (Wildman–Crippen LogP) is 2.21. The Morgan fingerprint density at radius 3 is 2.33 bits per heavy atom. The number of carbonyl (C=O) groups excluding carboxylic acids is 1. The van der Waals surface area contributed by atoms with E-state index in [1.807, 2.05) is 6.92 Å². The number of rotatable bonds is 4. The second-order valence-electron chi connectivity index (χ2n) is 16.9. The highest BCUT2D eigenvalue weighted by atomic mass is 16.7. The molecule has 1 unspecified atom stereocenters. The molecule has 4 saturated carbocycles. The van der Waals surface area contributed by atoms with Crippen LogP contribution in [0.15, 0.2) is 23.8 Å². The number of allylic oxidation sites excluding steroid dienone is 3. The Morgan fingerprint density at radius 1 is 0.978 bits per heavy atom. The van der Waals surface area contributed by atoms with E-state index in [1.165, 1.54) is 5.57 Å². The molecule has 0 radical (unpaired) electrons. The molecule has 6 rings (SSSR count). The number of aliphatic hydroxyl groups excluding tert-OH is 7. The molecule has 6 aliphatic rings. The number of carbonyl (C=O) groups is 1. The van der Waals surface area contributed by atoms with Crippen LogP contribution in [0, 0.1) is 50.7 Å². The van der Waals surface area contributed by atoms with Crippen molar-refractivity contribution < 1.29 is 50.0 Å². The van der Waals surface area contributed by atoms with Gasteiger partial charge in [-0.3, -0.25) is 4.79 Å². The SMILES string of the molecule is C=C1CC[C@]2(C(=O)O[C@@H]3O[C@H](CO)[C@@H](O)[C@H](O)[C@H]3O)CC[C@]3(C)C(=CC[C@@H]4[C@@]5(C)C[C@@H](O)[C@H](O)[C@@](C)(CO)[C@@H]5CC[C@]43C)[C@@H]2C1C. The molecular weight excluding hydrogens is 592 g/mol. The highest BCUT2D eigenvalue weighted by molar-refractivity contribution is 5.79. The van der Waals surface area contributed by atoms with Crippen molar-refractivity contribution in [3.8, 4) is 0 Å². The molecule has 260 valence electrons. The van der Waals surface area contributed by atoms with Gasteiger partial charge in [-0.25, -0.2) is 0 Å². The molecule has 0 aromatic heterocycles. The minimum Gasteiger partial charge on any atom is -0.432 e. The van der Waals surface area contributed by atoms with E-state index in [9.17, 15) is 40.5 Å². The van der Waals surface area contributed by atoms with E-state index in [4.69, 9.17) is 9.47 Å². The van der Waals surface area contributed by atoms with Crippen LogP contribution in [0.4, 0.5) is 0 Å². The zero-order valence-electron chi connectivity index (χ0n) is 28.1. The average molecular weight is 649 g/mol. The summed E-state index contributed by atoms with van der Waals surface area (Å²) in [5.41, 5.74) is -0.152. The highest BCUT2D eigenvalue weighted by Crippen LogP contribution is 2.75. The van der Waals surface area contributed by atoms with Crippen LogP contribution in [0.1, 0.15) is 86.0 Å². The van der Waals surface area contributed by atoms with E-state index in [-0.39, 0.29) is 46.5 Å². The number of aliphatic hydroxyl groups is 7. The highest BCUT2D eigenvalue weighted by Gasteiger charge is 2.71. The molecule has 1 aliphatic heterocycles. The quantitative estimate of drug-likeness (QED) is 0.177. The molecule has 5 fully saturated rings. The Labute approximate surface area is 272 Å². The number of hydrogen-bond donors (Lipinski definition) is 7. The standard InChI is InChI=1S/C36H56O10/c1-18-9-12-36(31(44)46-30-28(42)27(41)26(40)22(16-37)45-30)14-13-34(5)20(25(36)19(18)2)7-8-24-32(3)15-21(39)29(43)33(4,17-38)23(32)10-11-35(24,34)6/h7,19,21-30,37-43H,1,8-17H2,2-6H3/t19?,21-,22-,23-,24-,25+,26-,27+,28-,29+,30+,32+,33+,34-,35-,36+/m1/s1. The largest absolute Gasteiger partial charge is 0.432 e. The van der Waals surface area contributed by atoms with E-state index < -0.39 is 66.3 Å². The van der Waals surface area contributed by atoms with E-state index in [0.717, 1.165) is 31.3 Å². The van der Waals surface area contributed by atoms with Crippen LogP contribution in [-0.4, -0.2) is 97.8 Å². The molecular formula is C36H56O10. The van der Waals surface area contributed by atoms with Crippen LogP contribution < -0.4 is 0 Å². The maximum atomic E-state index is 14.4. The molecule has 1 heterocycles. The fourth-order valence-corrected chi connectivity index (χ4v) is 12.1. The molecule has 0 amide bonds. The molecule has 0 aromatic carbocycles. The first kappa shape index (κ1) is 34.5. The zero-order chi connectivity index (χ0) is 33.8. The van der Waals surface area contributed by atoms with E-state index in [1.54, 1.807) is 0 Å². The summed E-state index contributed by atoms with van der Waals surface area (Å²) in [7, 11) is 0. The minimum atomic E-state index is -1.67. The molecule has 0 spiro atoms. The minimum absolute atomic E-state index is 0.0154. The maximum Gasteiger partial charge on any atom is 0.315 e. The van der Waals surface area contributed by atoms with E-state index in [2.05, 4.69) is 40.3 Å². The fourth-order valence-electron chi connectivity index (χ4n) is 12.1. The Bertz CT molecular complexity index is 1270. The Balaban J connectivity index is 1.37. The Hall–Kier alpha value is -1.37. The summed E-state index contributed by atoms with van der Waals surface area (Å²) < 4.78 is 11.5. The third-order valence-electron chi connectivity index (χ3n) is 15.1. The van der Waals surface area contributed by atoms with Crippen molar-refractivity contribution in [2.24, 2.45) is 50.7 Å². The van der Waals surface area contributed by atoms with Crippen molar-refractivity contribution in [3.05, 3.63) is 23.8 Å². The monoisotopic (exact) mass is 648 g/mol. The van der Waals surface area contributed by atoms with Crippen LogP contribution in [0.3, 0.4) is 0 Å². The third kappa shape index (κ3) is 4.40. The lowest BCUT2D eigenvalue weighted by Gasteiger charge is -2.71. The van der Waals surface area contributed by atoms with Gasteiger partial charge in [0.15, 0.2) is 0 Å². The van der Waals surface area contributed by atoms with Gasteiger partial charge in [0.1, 0.15) is 24.4 Å². The van der Waals surface area contributed by atoms with Crippen LogP contribution in [0.2, 0.25) is 0 Å². The van der Waals surface area contributed by atoms with Gasteiger partial charge in [0.25, 0.3) is 0 Å². The number of ether oxygens (including phenoxy) is 2. The number of hydrogen-bond acceptors (Lipinski definition) is 10. The van der Waals surface area contributed by atoms with Crippen molar-refractivity contribution in [1.29, 1.82) is 0 Å². The molecule has 1 saturated heterocycles. The summed E-state index contributed by atoms with van der Waals surface area (Å²) >= 11 is 0. The first-order valence-electron chi connectivity index (χ1n) is 17.3. The second-order valence-corrected chi connectivity index (χ2v) is 16.9. The summed E-state index contributed by atoms with van der Waals surface area (Å²) in [6.45, 7) is 14.6. The third-order valence-corrected chi connectivity index (χ3v) is 15.1. The van der Waals surface area contributed by atoms with E-state index >= 15 is 0 Å². The summed E-state index contributed by atoms with van der Waals surface area (Å²) in [5, 5.41) is 73.7. The lowest BCUT2D eigenvalue weighted by molar-refractivity contribution is -0.297. The van der Waals surface area contributed by atoms with E-state index in [0.29, 0.717) is 25.7 Å². The molecule has 0 aromatic rings. The van der Waals surface area contributed by atoms with Crippen LogP contribution >= 0.6 is 0 Å². The summed E-state index contributed by atoms with van der Waals surface area (Å²) in [6, 6.07) is 0. The molecule has 46 heavy (non-hydrogen) atoms. The molecule has 10 heteroatoms. The molecule has 16 atom stereocenters. The molecule has 7 N–H and O–H groups in total. The summed E-state index contributed by atoms with van der Waals surface area (Å²) in [5.74, 6) is -0.482. The Kier molecular flexibility index (Phi) is 8.50. The van der Waals surface area contributed by atoms with Crippen LogP contribution in [0.25, 0.3) is 0 Å². The molecule has 5 aliphatic carbocycles. The lowest BCUT2D eigenvalue weighted by atomic mass is 9.33. The van der Waals surface area contributed by atoms with Gasteiger partial charge in [0, 0.05) is 11.3 Å². The van der Waals surface area contributed by atoms with Gasteiger partial charge in [-0.2, -0.15) is 0 Å². The van der Waals surface area contributed by atoms with Gasteiger partial charge in [-0.15, -0.1) is 0 Å². The van der Waals surface area contributed by atoms with Gasteiger partial charge in [0.05, 0.1) is 30.8 Å². The summed E-state index contributed by atoms with van der Waals surface area (Å²) in [6.07, 6.45) is -1.70. The first-order chi connectivity index (χ1) is 21.5. The van der Waals surface area contributed by atoms with Crippen molar-refractivity contribution in [2.75, 3.05) is 13.2 Å². The van der Waals surface area contributed by atoms with Gasteiger partial charge in [-0.05, 0) is 85.4 Å². The van der Waals surface area contributed by atoms with Gasteiger partial charge in [0.2, 0.25) is 6.29 Å². The number of fused-ring (bicyclic) bond motifs is 7. The summed E-state index contributed by atoms with van der Waals surface area (Å²) in [4.78, 5) is 14.4. The van der Waals surface area contributed by atoms with Gasteiger partial charge < -0.3 is 45.2 Å². The average Bonchev–Trinajstić information content (AvgIpc) is 3.02. The topological polar surface area (TPSA) is 177 Å². The van der Waals surface area contributed by atoms with Crippen molar-refractivity contribution in [3.63, 3.8) is 0 Å². The van der Waals surface area contributed by atoms with Crippen LogP contribution in [-0.2, 0) is 14.3 Å². The Morgan fingerprint density at radius 2 is 1.67 bits per heavy atom. The lowest BCUT2D eigenvalue weighted by Crippen LogP contribution is -2.68. The zero-order valence-corrected chi connectivity index (χ0v) is 28.1. The van der Waals surface area contributed by atoms with Crippen LogP contribution in [0.5, 0.6) is 0 Å². The number of esters is 1. The van der Waals surface area contributed by atoms with Gasteiger partial charge in [-0.1, -0.05) is 58.4 Å². The second kappa shape index (κ2) is 11.3. The molecule has 0 bridgehead atoms.